The van der Waals surface area contributed by atoms with Gasteiger partial charge in [0.1, 0.15) is 11.8 Å². The summed E-state index contributed by atoms with van der Waals surface area (Å²) in [6, 6.07) is 3.21. The van der Waals surface area contributed by atoms with Crippen LogP contribution in [-0.2, 0) is 4.79 Å². The van der Waals surface area contributed by atoms with E-state index in [9.17, 15) is 4.79 Å². The fraction of sp³-hybridized carbons (Fsp3) is 0.538. The van der Waals surface area contributed by atoms with Crippen molar-refractivity contribution in [2.24, 2.45) is 5.41 Å². The molecule has 0 aliphatic carbocycles. The summed E-state index contributed by atoms with van der Waals surface area (Å²) in [6.07, 6.45) is -0.0390. The van der Waals surface area contributed by atoms with Crippen molar-refractivity contribution in [3.8, 4) is 6.07 Å². The third-order valence-corrected chi connectivity index (χ3v) is 2.70. The Morgan fingerprint density at radius 1 is 1.53 bits per heavy atom. The van der Waals surface area contributed by atoms with Crippen LogP contribution in [0, 0.1) is 23.7 Å². The molecule has 2 N–H and O–H groups in total. The molecular formula is C13H18N4O2. The van der Waals surface area contributed by atoms with Crippen LogP contribution < -0.4 is 5.32 Å². The first-order chi connectivity index (χ1) is 8.72. The van der Waals surface area contributed by atoms with Gasteiger partial charge in [0, 0.05) is 11.7 Å². The number of aryl methyl sites for hydroxylation is 1. The van der Waals surface area contributed by atoms with Gasteiger partial charge in [-0.15, -0.1) is 0 Å². The third-order valence-electron chi connectivity index (χ3n) is 2.70. The molecule has 0 saturated heterocycles. The van der Waals surface area contributed by atoms with E-state index in [-0.39, 0.29) is 29.5 Å². The lowest BCUT2D eigenvalue weighted by Gasteiger charge is -2.30. The van der Waals surface area contributed by atoms with Crippen LogP contribution in [0.15, 0.2) is 6.07 Å². The molecule has 0 aliphatic heterocycles. The summed E-state index contributed by atoms with van der Waals surface area (Å²) in [7, 11) is 0. The van der Waals surface area contributed by atoms with E-state index < -0.39 is 5.97 Å². The smallest absolute Gasteiger partial charge is 0.305 e. The molecule has 1 rings (SSSR count). The van der Waals surface area contributed by atoms with Gasteiger partial charge in [-0.25, -0.2) is 9.97 Å². The second-order valence-electron chi connectivity index (χ2n) is 5.49. The normalized spacial score (nSPS) is 12.6. The summed E-state index contributed by atoms with van der Waals surface area (Å²) in [5.41, 5.74) is 0.660. The highest BCUT2D eigenvalue weighted by molar-refractivity contribution is 5.68. The number of carbonyl (C=O) groups is 1. The van der Waals surface area contributed by atoms with E-state index >= 15 is 0 Å². The lowest BCUT2D eigenvalue weighted by molar-refractivity contribution is -0.137. The van der Waals surface area contributed by atoms with Crippen molar-refractivity contribution < 1.29 is 9.90 Å². The number of anilines is 1. The third kappa shape index (κ3) is 4.54. The number of hydrogen-bond donors (Lipinski definition) is 2. The highest BCUT2D eigenvalue weighted by atomic mass is 16.4. The molecule has 0 aliphatic rings. The van der Waals surface area contributed by atoms with Crippen LogP contribution >= 0.6 is 0 Å². The standard InChI is InChI=1S/C13H18N4O2/c1-8-5-9(7-14)16-12(15-8)17-10(6-11(18)19)13(2,3)4/h5,10H,6H2,1-4H3,(H,18,19)(H,15,16,17). The van der Waals surface area contributed by atoms with Gasteiger partial charge in [-0.3, -0.25) is 4.79 Å². The molecule has 0 radical (unpaired) electrons. The zero-order valence-corrected chi connectivity index (χ0v) is 11.6. The zero-order chi connectivity index (χ0) is 14.6. The number of nitrogens with one attached hydrogen (secondary N) is 1. The summed E-state index contributed by atoms with van der Waals surface area (Å²) in [6.45, 7) is 7.58. The summed E-state index contributed by atoms with van der Waals surface area (Å²) in [5, 5.41) is 20.8. The Labute approximate surface area is 112 Å². The van der Waals surface area contributed by atoms with Crippen molar-refractivity contribution in [2.75, 3.05) is 5.32 Å². The van der Waals surface area contributed by atoms with E-state index in [1.54, 1.807) is 13.0 Å². The van der Waals surface area contributed by atoms with Crippen molar-refractivity contribution in [1.82, 2.24) is 9.97 Å². The largest absolute Gasteiger partial charge is 0.481 e. The number of carboxylic acids is 1. The maximum atomic E-state index is 10.9. The zero-order valence-electron chi connectivity index (χ0n) is 11.6. The molecule has 0 amide bonds. The molecule has 1 unspecified atom stereocenters. The minimum atomic E-state index is -0.888. The van der Waals surface area contributed by atoms with Crippen LogP contribution in [0.2, 0.25) is 0 Å². The minimum Gasteiger partial charge on any atom is -0.481 e. The number of aromatic nitrogens is 2. The summed E-state index contributed by atoms with van der Waals surface area (Å²) >= 11 is 0. The Hall–Kier alpha value is -2.16. The minimum absolute atomic E-state index is 0.0390. The van der Waals surface area contributed by atoms with Crippen LogP contribution in [0.25, 0.3) is 0 Å². The number of nitriles is 1. The van der Waals surface area contributed by atoms with Gasteiger partial charge >= 0.3 is 5.97 Å². The molecule has 19 heavy (non-hydrogen) atoms. The molecule has 0 aromatic carbocycles. The maximum Gasteiger partial charge on any atom is 0.305 e. The van der Waals surface area contributed by atoms with Gasteiger partial charge in [-0.2, -0.15) is 5.26 Å². The molecule has 0 saturated carbocycles. The molecule has 0 bridgehead atoms. The van der Waals surface area contributed by atoms with Crippen LogP contribution in [0.1, 0.15) is 38.6 Å². The molecule has 0 fully saturated rings. The van der Waals surface area contributed by atoms with Crippen molar-refractivity contribution >= 4 is 11.9 Å². The Morgan fingerprint density at radius 3 is 2.63 bits per heavy atom. The predicted octanol–water partition coefficient (Wildman–Crippen LogP) is 1.96. The Kier molecular flexibility index (Phi) is 4.43. The lowest BCUT2D eigenvalue weighted by Crippen LogP contribution is -2.36. The van der Waals surface area contributed by atoms with Gasteiger partial charge < -0.3 is 10.4 Å². The van der Waals surface area contributed by atoms with E-state index in [1.807, 2.05) is 26.8 Å². The topological polar surface area (TPSA) is 98.9 Å². The summed E-state index contributed by atoms with van der Waals surface area (Å²) < 4.78 is 0. The highest BCUT2D eigenvalue weighted by Gasteiger charge is 2.27. The van der Waals surface area contributed by atoms with Crippen molar-refractivity contribution in [3.63, 3.8) is 0 Å². The van der Waals surface area contributed by atoms with E-state index in [0.29, 0.717) is 5.69 Å². The maximum absolute atomic E-state index is 10.9. The Morgan fingerprint density at radius 2 is 2.16 bits per heavy atom. The number of rotatable bonds is 4. The number of aliphatic carboxylic acids is 1. The van der Waals surface area contributed by atoms with E-state index in [4.69, 9.17) is 10.4 Å². The molecule has 1 aromatic rings. The monoisotopic (exact) mass is 262 g/mol. The average Bonchev–Trinajstić information content (AvgIpc) is 2.25. The summed E-state index contributed by atoms with van der Waals surface area (Å²) in [5.74, 6) is -0.599. The summed E-state index contributed by atoms with van der Waals surface area (Å²) in [4.78, 5) is 19.1. The first kappa shape index (κ1) is 14.9. The van der Waals surface area contributed by atoms with Crippen molar-refractivity contribution in [3.05, 3.63) is 17.5 Å². The van der Waals surface area contributed by atoms with E-state index in [0.717, 1.165) is 0 Å². The SMILES string of the molecule is Cc1cc(C#N)nc(NC(CC(=O)O)C(C)(C)C)n1. The Bertz CT molecular complexity index is 514. The van der Waals surface area contributed by atoms with Crippen molar-refractivity contribution in [1.29, 1.82) is 5.26 Å². The second kappa shape index (κ2) is 5.65. The lowest BCUT2D eigenvalue weighted by atomic mass is 9.85. The second-order valence-corrected chi connectivity index (χ2v) is 5.49. The fourth-order valence-electron chi connectivity index (χ4n) is 1.59. The van der Waals surface area contributed by atoms with E-state index in [2.05, 4.69) is 15.3 Å². The van der Waals surface area contributed by atoms with Gasteiger partial charge in [-0.05, 0) is 18.4 Å². The molecule has 6 nitrogen and oxygen atoms in total. The predicted molar refractivity (Wildman–Crippen MR) is 70.6 cm³/mol. The number of carboxylic acid groups (broad SMARTS) is 1. The van der Waals surface area contributed by atoms with Gasteiger partial charge in [0.05, 0.1) is 6.42 Å². The van der Waals surface area contributed by atoms with Crippen LogP contribution in [-0.4, -0.2) is 27.1 Å². The molecule has 0 spiro atoms. The highest BCUT2D eigenvalue weighted by Crippen LogP contribution is 2.24. The fourth-order valence-corrected chi connectivity index (χ4v) is 1.59. The first-order valence-corrected chi connectivity index (χ1v) is 5.96. The average molecular weight is 262 g/mol. The number of hydrogen-bond acceptors (Lipinski definition) is 5. The molecule has 1 aromatic heterocycles. The van der Waals surface area contributed by atoms with Gasteiger partial charge in [0.15, 0.2) is 0 Å². The molecule has 6 heteroatoms. The van der Waals surface area contributed by atoms with Crippen LogP contribution in [0.4, 0.5) is 5.95 Å². The molecular weight excluding hydrogens is 244 g/mol. The molecule has 1 atom stereocenters. The molecule has 1 heterocycles. The quantitative estimate of drug-likeness (QED) is 0.860. The van der Waals surface area contributed by atoms with Gasteiger partial charge in [-0.1, -0.05) is 20.8 Å². The van der Waals surface area contributed by atoms with Crippen LogP contribution in [0.3, 0.4) is 0 Å². The van der Waals surface area contributed by atoms with Crippen LogP contribution in [0.5, 0.6) is 0 Å². The Balaban J connectivity index is 3.00. The van der Waals surface area contributed by atoms with E-state index in [1.165, 1.54) is 0 Å². The molecule has 102 valence electrons. The number of nitrogens with zero attached hydrogens (tertiary/aromatic N) is 3. The van der Waals surface area contributed by atoms with Gasteiger partial charge in [0.25, 0.3) is 0 Å². The van der Waals surface area contributed by atoms with Crippen molar-refractivity contribution in [2.45, 2.75) is 40.2 Å². The first-order valence-electron chi connectivity index (χ1n) is 5.96. The van der Waals surface area contributed by atoms with Gasteiger partial charge in [0.2, 0.25) is 5.95 Å².